The minimum Gasteiger partial charge on any atom is -0.380 e. The molecule has 0 saturated carbocycles. The van der Waals surface area contributed by atoms with E-state index in [-0.39, 0.29) is 5.84 Å². The van der Waals surface area contributed by atoms with Crippen LogP contribution in [0.2, 0.25) is 0 Å². The van der Waals surface area contributed by atoms with Crippen molar-refractivity contribution in [1.82, 2.24) is 5.43 Å². The summed E-state index contributed by atoms with van der Waals surface area (Å²) in [5.74, 6) is 0.201. The van der Waals surface area contributed by atoms with Crippen molar-refractivity contribution in [2.45, 2.75) is 0 Å². The largest absolute Gasteiger partial charge is 0.380 e. The van der Waals surface area contributed by atoms with Crippen molar-refractivity contribution < 1.29 is 0 Å². The zero-order valence-corrected chi connectivity index (χ0v) is 11.5. The Morgan fingerprint density at radius 1 is 0.900 bits per heavy atom. The number of rotatable bonds is 4. The highest BCUT2D eigenvalue weighted by atomic mass is 32.1. The number of thiocarbonyl (C=S) groups is 1. The van der Waals surface area contributed by atoms with E-state index in [2.05, 4.69) is 21.4 Å². The Balaban J connectivity index is 1.85. The summed E-state index contributed by atoms with van der Waals surface area (Å²) in [4.78, 5) is 0.317. The van der Waals surface area contributed by atoms with Gasteiger partial charge in [0.25, 0.3) is 0 Å². The lowest BCUT2D eigenvalue weighted by atomic mass is 10.3. The summed E-state index contributed by atoms with van der Waals surface area (Å²) in [7, 11) is 0. The number of anilines is 2. The van der Waals surface area contributed by atoms with Crippen molar-refractivity contribution >= 4 is 34.4 Å². The molecule has 0 amide bonds. The van der Waals surface area contributed by atoms with Crippen molar-refractivity contribution in [3.63, 3.8) is 0 Å². The third-order valence-corrected chi connectivity index (χ3v) is 2.72. The van der Waals surface area contributed by atoms with Gasteiger partial charge in [0.2, 0.25) is 0 Å². The quantitative estimate of drug-likeness (QED) is 0.300. The Kier molecular flexibility index (Phi) is 4.91. The molecule has 0 bridgehead atoms. The molecule has 5 N–H and O–H groups in total. The molecule has 0 aliphatic rings. The Morgan fingerprint density at radius 2 is 1.45 bits per heavy atom. The normalized spacial score (nSPS) is 10.7. The van der Waals surface area contributed by atoms with Gasteiger partial charge in [-0.25, -0.2) is 0 Å². The summed E-state index contributed by atoms with van der Waals surface area (Å²) in [5.41, 5.74) is 16.1. The number of nitrogens with zero attached hydrogens (tertiary/aromatic N) is 1. The monoisotopic (exact) mass is 285 g/mol. The van der Waals surface area contributed by atoms with Gasteiger partial charge in [0.05, 0.1) is 11.4 Å². The molecular weight excluding hydrogens is 270 g/mol. The van der Waals surface area contributed by atoms with E-state index in [9.17, 15) is 0 Å². The van der Waals surface area contributed by atoms with Gasteiger partial charge in [0.1, 0.15) is 0 Å². The van der Waals surface area contributed by atoms with Crippen LogP contribution in [0.5, 0.6) is 0 Å². The first-order valence-electron chi connectivity index (χ1n) is 6.01. The van der Waals surface area contributed by atoms with Crippen molar-refractivity contribution in [3.8, 4) is 0 Å². The highest BCUT2D eigenvalue weighted by Crippen LogP contribution is 2.04. The molecule has 0 spiro atoms. The molecule has 0 saturated heterocycles. The van der Waals surface area contributed by atoms with Crippen molar-refractivity contribution in [2.24, 2.45) is 10.8 Å². The number of benzene rings is 2. The molecule has 20 heavy (non-hydrogen) atoms. The van der Waals surface area contributed by atoms with Crippen LogP contribution in [-0.2, 0) is 0 Å². The molecule has 0 heterocycles. The van der Waals surface area contributed by atoms with Crippen LogP contribution in [0.15, 0.2) is 65.8 Å². The van der Waals surface area contributed by atoms with Gasteiger partial charge < -0.3 is 11.2 Å². The number of hydrogen-bond acceptors (Lipinski definition) is 4. The van der Waals surface area contributed by atoms with Crippen LogP contribution in [-0.4, -0.2) is 10.8 Å². The molecule has 2 rings (SSSR count). The number of hydrogen-bond donors (Lipinski definition) is 4. The van der Waals surface area contributed by atoms with Crippen molar-refractivity contribution in [3.05, 3.63) is 60.7 Å². The van der Waals surface area contributed by atoms with E-state index in [1.165, 1.54) is 0 Å². The second-order valence-electron chi connectivity index (χ2n) is 3.92. The molecule has 0 unspecified atom stereocenters. The number of para-hydroxylation sites is 2. The van der Waals surface area contributed by atoms with E-state index >= 15 is 0 Å². The zero-order chi connectivity index (χ0) is 14.2. The molecule has 0 radical (unpaired) electrons. The van der Waals surface area contributed by atoms with Gasteiger partial charge in [0, 0.05) is 0 Å². The molecule has 6 heteroatoms. The number of nitrogens with two attached hydrogens (primary N) is 1. The standard InChI is InChI=1S/C14H15N5S/c15-13(18-16-11-7-3-1-4-8-11)14(20)19-17-12-9-5-2-6-10-12/h1-10,16-17H,(H2,15,18)(H,19,20). The van der Waals surface area contributed by atoms with Crippen LogP contribution in [0.4, 0.5) is 11.4 Å². The third kappa shape index (κ3) is 4.25. The van der Waals surface area contributed by atoms with E-state index in [1.54, 1.807) is 0 Å². The van der Waals surface area contributed by atoms with Gasteiger partial charge in [-0.05, 0) is 24.3 Å². The van der Waals surface area contributed by atoms with E-state index in [4.69, 9.17) is 18.0 Å². The third-order valence-electron chi connectivity index (χ3n) is 2.41. The molecule has 2 aromatic carbocycles. The summed E-state index contributed by atoms with van der Waals surface area (Å²) < 4.78 is 0. The fraction of sp³-hybridized carbons (Fsp3) is 0. The zero-order valence-electron chi connectivity index (χ0n) is 10.7. The summed E-state index contributed by atoms with van der Waals surface area (Å²) in [6.45, 7) is 0. The van der Waals surface area contributed by atoms with Crippen molar-refractivity contribution in [2.75, 3.05) is 10.9 Å². The Bertz CT molecular complexity index is 583. The molecule has 0 aromatic heterocycles. The number of hydrazine groups is 1. The highest BCUT2D eigenvalue weighted by molar-refractivity contribution is 7.82. The second-order valence-corrected chi connectivity index (χ2v) is 4.33. The molecular formula is C14H15N5S. The Labute approximate surface area is 122 Å². The SMILES string of the molecule is N/C(=N\Nc1ccccc1)C(=S)NNc1ccccc1. The molecule has 5 nitrogen and oxygen atoms in total. The summed E-state index contributed by atoms with van der Waals surface area (Å²) >= 11 is 5.12. The van der Waals surface area contributed by atoms with Gasteiger partial charge in [-0.15, -0.1) is 0 Å². The predicted molar refractivity (Wildman–Crippen MR) is 87.5 cm³/mol. The molecule has 2 aromatic rings. The number of amidine groups is 1. The Morgan fingerprint density at radius 3 is 2.05 bits per heavy atom. The van der Waals surface area contributed by atoms with Gasteiger partial charge >= 0.3 is 0 Å². The fourth-order valence-electron chi connectivity index (χ4n) is 1.40. The number of nitrogens with one attached hydrogen (secondary N) is 3. The molecule has 102 valence electrons. The fourth-order valence-corrected chi connectivity index (χ4v) is 1.50. The first-order chi connectivity index (χ1) is 9.75. The van der Waals surface area contributed by atoms with Crippen LogP contribution in [0.25, 0.3) is 0 Å². The van der Waals surface area contributed by atoms with E-state index in [0.29, 0.717) is 4.99 Å². The second kappa shape index (κ2) is 7.10. The van der Waals surface area contributed by atoms with Crippen molar-refractivity contribution in [1.29, 1.82) is 0 Å². The first kappa shape index (κ1) is 13.8. The average Bonchev–Trinajstić information content (AvgIpc) is 2.52. The minimum atomic E-state index is 0.201. The number of hydrazone groups is 1. The van der Waals surface area contributed by atoms with E-state index in [1.807, 2.05) is 60.7 Å². The lowest BCUT2D eigenvalue weighted by Gasteiger charge is -2.10. The molecule has 0 atom stereocenters. The summed E-state index contributed by atoms with van der Waals surface area (Å²) in [5, 5.41) is 4.01. The highest BCUT2D eigenvalue weighted by Gasteiger charge is 2.01. The lowest BCUT2D eigenvalue weighted by molar-refractivity contribution is 1.15. The molecule has 0 aliphatic heterocycles. The maximum atomic E-state index is 5.77. The average molecular weight is 285 g/mol. The first-order valence-corrected chi connectivity index (χ1v) is 6.42. The van der Waals surface area contributed by atoms with Crippen LogP contribution < -0.4 is 22.0 Å². The van der Waals surface area contributed by atoms with Gasteiger partial charge in [-0.3, -0.25) is 10.9 Å². The summed E-state index contributed by atoms with van der Waals surface area (Å²) in [6.07, 6.45) is 0. The van der Waals surface area contributed by atoms with E-state index in [0.717, 1.165) is 11.4 Å². The smallest absolute Gasteiger partial charge is 0.180 e. The topological polar surface area (TPSA) is 74.5 Å². The Hall–Kier alpha value is -2.60. The summed E-state index contributed by atoms with van der Waals surface area (Å²) in [6, 6.07) is 19.1. The predicted octanol–water partition coefficient (Wildman–Crippen LogP) is 2.31. The molecule has 0 fully saturated rings. The van der Waals surface area contributed by atoms with Crippen LogP contribution in [0.3, 0.4) is 0 Å². The minimum absolute atomic E-state index is 0.201. The lowest BCUT2D eigenvalue weighted by Crippen LogP contribution is -2.38. The van der Waals surface area contributed by atoms with Crippen LogP contribution in [0, 0.1) is 0 Å². The van der Waals surface area contributed by atoms with Gasteiger partial charge in [-0.1, -0.05) is 48.6 Å². The van der Waals surface area contributed by atoms with E-state index < -0.39 is 0 Å². The van der Waals surface area contributed by atoms with Gasteiger partial charge in [0.15, 0.2) is 10.8 Å². The maximum absolute atomic E-state index is 5.77. The molecule has 0 aliphatic carbocycles. The maximum Gasteiger partial charge on any atom is 0.180 e. The van der Waals surface area contributed by atoms with Gasteiger partial charge in [-0.2, -0.15) is 5.10 Å². The van der Waals surface area contributed by atoms with Crippen LogP contribution in [0.1, 0.15) is 0 Å². The van der Waals surface area contributed by atoms with Crippen LogP contribution >= 0.6 is 12.2 Å².